The van der Waals surface area contributed by atoms with E-state index >= 15 is 0 Å². The van der Waals surface area contributed by atoms with Gasteiger partial charge in [-0.25, -0.2) is 0 Å². The molecule has 0 spiro atoms. The topological polar surface area (TPSA) is 29.1 Å². The molecule has 1 aliphatic rings. The Labute approximate surface area is 123 Å². The molecule has 0 aliphatic heterocycles. The summed E-state index contributed by atoms with van der Waals surface area (Å²) in [7, 11) is 0. The third-order valence-corrected chi connectivity index (χ3v) is 3.84. The fourth-order valence-corrected chi connectivity index (χ4v) is 2.24. The van der Waals surface area contributed by atoms with Crippen molar-refractivity contribution in [2.75, 3.05) is 0 Å². The number of carbonyl (C=O) groups excluding carboxylic acids is 1. The fraction of sp³-hybridized carbons (Fsp3) is 0.267. The van der Waals surface area contributed by atoms with Crippen LogP contribution in [-0.4, -0.2) is 5.91 Å². The first-order valence-electron chi connectivity index (χ1n) is 6.20. The molecule has 1 N–H and O–H groups in total. The van der Waals surface area contributed by atoms with Gasteiger partial charge in [-0.3, -0.25) is 4.79 Å². The van der Waals surface area contributed by atoms with Gasteiger partial charge in [0.2, 0.25) is 0 Å². The monoisotopic (exact) mass is 295 g/mol. The van der Waals surface area contributed by atoms with Crippen LogP contribution in [0.1, 0.15) is 36.5 Å². The number of carbonyl (C=O) groups is 1. The Morgan fingerprint density at radius 2 is 2.05 bits per heavy atom. The summed E-state index contributed by atoms with van der Waals surface area (Å²) in [6.07, 6.45) is 7.22. The first-order valence-corrected chi connectivity index (χ1v) is 6.96. The molecule has 0 radical (unpaired) electrons. The summed E-state index contributed by atoms with van der Waals surface area (Å²) in [5.74, 6) is -0.167. The second-order valence-electron chi connectivity index (χ2n) is 4.57. The number of halogens is 2. The summed E-state index contributed by atoms with van der Waals surface area (Å²) in [6.45, 7) is 2.04. The van der Waals surface area contributed by atoms with E-state index in [1.807, 2.05) is 13.0 Å². The zero-order valence-electron chi connectivity index (χ0n) is 10.7. The highest BCUT2D eigenvalue weighted by Gasteiger charge is 2.11. The highest BCUT2D eigenvalue weighted by molar-refractivity contribution is 6.42. The smallest absolute Gasteiger partial charge is 0.255 e. The lowest BCUT2D eigenvalue weighted by atomic mass is 10.1. The molecule has 100 valence electrons. The third kappa shape index (κ3) is 3.62. The molecule has 0 atom stereocenters. The van der Waals surface area contributed by atoms with Crippen molar-refractivity contribution in [1.29, 1.82) is 0 Å². The summed E-state index contributed by atoms with van der Waals surface area (Å²) < 4.78 is 0. The fourth-order valence-electron chi connectivity index (χ4n) is 1.94. The van der Waals surface area contributed by atoms with Crippen molar-refractivity contribution in [2.24, 2.45) is 0 Å². The molecule has 4 heteroatoms. The van der Waals surface area contributed by atoms with E-state index in [9.17, 15) is 4.79 Å². The van der Waals surface area contributed by atoms with E-state index in [0.717, 1.165) is 25.0 Å². The molecule has 1 aromatic carbocycles. The highest BCUT2D eigenvalue weighted by Crippen LogP contribution is 2.23. The molecule has 0 aromatic heterocycles. The van der Waals surface area contributed by atoms with Gasteiger partial charge in [-0.1, -0.05) is 29.3 Å². The Morgan fingerprint density at radius 1 is 1.26 bits per heavy atom. The molecule has 0 unspecified atom stereocenters. The molecule has 19 heavy (non-hydrogen) atoms. The van der Waals surface area contributed by atoms with Crippen molar-refractivity contribution in [2.45, 2.75) is 26.2 Å². The van der Waals surface area contributed by atoms with Crippen LogP contribution < -0.4 is 5.32 Å². The maximum Gasteiger partial charge on any atom is 0.255 e. The van der Waals surface area contributed by atoms with Crippen LogP contribution in [0, 0.1) is 0 Å². The average Bonchev–Trinajstić information content (AvgIpc) is 2.58. The van der Waals surface area contributed by atoms with Crippen LogP contribution in [0.2, 0.25) is 10.0 Å². The average molecular weight is 296 g/mol. The van der Waals surface area contributed by atoms with Gasteiger partial charge in [0.1, 0.15) is 0 Å². The van der Waals surface area contributed by atoms with E-state index in [1.165, 1.54) is 5.57 Å². The van der Waals surface area contributed by atoms with Crippen LogP contribution in [0.25, 0.3) is 0 Å². The van der Waals surface area contributed by atoms with E-state index in [1.54, 1.807) is 18.2 Å². The van der Waals surface area contributed by atoms with Crippen molar-refractivity contribution in [3.8, 4) is 0 Å². The summed E-state index contributed by atoms with van der Waals surface area (Å²) in [4.78, 5) is 12.2. The second-order valence-corrected chi connectivity index (χ2v) is 5.39. The molecular weight excluding hydrogens is 281 g/mol. The zero-order chi connectivity index (χ0) is 13.8. The van der Waals surface area contributed by atoms with Crippen molar-refractivity contribution < 1.29 is 4.79 Å². The lowest BCUT2D eigenvalue weighted by Gasteiger charge is -2.09. The minimum Gasteiger partial charge on any atom is -0.322 e. The van der Waals surface area contributed by atoms with Crippen molar-refractivity contribution in [3.05, 3.63) is 57.2 Å². The van der Waals surface area contributed by atoms with Crippen molar-refractivity contribution >= 4 is 29.1 Å². The van der Waals surface area contributed by atoms with Gasteiger partial charge in [0.05, 0.1) is 10.0 Å². The number of benzene rings is 1. The quantitative estimate of drug-likeness (QED) is 0.839. The molecule has 0 saturated heterocycles. The number of allylic oxidation sites excluding steroid dienone is 3. The maximum atomic E-state index is 12.2. The predicted molar refractivity (Wildman–Crippen MR) is 79.6 cm³/mol. The SMILES string of the molecule is CC1=C(NC(=O)c2ccc(Cl)c(Cl)c2)C=CCCC1. The zero-order valence-corrected chi connectivity index (χ0v) is 12.2. The van der Waals surface area contributed by atoms with Crippen LogP contribution in [0.3, 0.4) is 0 Å². The lowest BCUT2D eigenvalue weighted by molar-refractivity contribution is 0.0966. The van der Waals surface area contributed by atoms with Gasteiger partial charge in [0.25, 0.3) is 5.91 Å². The first kappa shape index (κ1) is 14.2. The highest BCUT2D eigenvalue weighted by atomic mass is 35.5. The second kappa shape index (κ2) is 6.27. The Hall–Kier alpha value is -1.25. The Kier molecular flexibility index (Phi) is 4.67. The molecule has 0 fully saturated rings. The Morgan fingerprint density at radius 3 is 2.79 bits per heavy atom. The van der Waals surface area contributed by atoms with Gasteiger partial charge >= 0.3 is 0 Å². The predicted octanol–water partition coefficient (Wildman–Crippen LogP) is 4.74. The molecular formula is C15H15Cl2NO. The van der Waals surface area contributed by atoms with Crippen LogP contribution >= 0.6 is 23.2 Å². The van der Waals surface area contributed by atoms with Crippen molar-refractivity contribution in [3.63, 3.8) is 0 Å². The first-order chi connectivity index (χ1) is 9.08. The molecule has 1 aromatic rings. The van der Waals surface area contributed by atoms with Crippen LogP contribution in [-0.2, 0) is 0 Å². The van der Waals surface area contributed by atoms with Gasteiger partial charge in [-0.2, -0.15) is 0 Å². The van der Waals surface area contributed by atoms with E-state index in [2.05, 4.69) is 11.4 Å². The summed E-state index contributed by atoms with van der Waals surface area (Å²) in [6, 6.07) is 4.87. The number of hydrogen-bond donors (Lipinski definition) is 1. The molecule has 0 bridgehead atoms. The number of nitrogens with one attached hydrogen (secondary N) is 1. The number of amides is 1. The van der Waals surface area contributed by atoms with Crippen LogP contribution in [0.5, 0.6) is 0 Å². The van der Waals surface area contributed by atoms with Crippen molar-refractivity contribution in [1.82, 2.24) is 5.32 Å². The summed E-state index contributed by atoms with van der Waals surface area (Å²) >= 11 is 11.8. The molecule has 1 amide bonds. The number of hydrogen-bond acceptors (Lipinski definition) is 1. The molecule has 2 nitrogen and oxygen atoms in total. The molecule has 2 rings (SSSR count). The van der Waals surface area contributed by atoms with Gasteiger partial charge in [-0.05, 0) is 56.0 Å². The molecule has 0 saturated carbocycles. The molecule has 1 aliphatic carbocycles. The van der Waals surface area contributed by atoms with E-state index < -0.39 is 0 Å². The van der Waals surface area contributed by atoms with Gasteiger partial charge in [0.15, 0.2) is 0 Å². The number of rotatable bonds is 2. The minimum absolute atomic E-state index is 0.167. The largest absolute Gasteiger partial charge is 0.322 e. The Bertz CT molecular complexity index is 561. The van der Waals surface area contributed by atoms with E-state index in [-0.39, 0.29) is 5.91 Å². The van der Waals surface area contributed by atoms with Gasteiger partial charge in [-0.15, -0.1) is 0 Å². The standard InChI is InChI=1S/C15H15Cl2NO/c1-10-5-3-2-4-6-14(10)18-15(19)11-7-8-12(16)13(17)9-11/h4,6-9H,2-3,5H2,1H3,(H,18,19). The van der Waals surface area contributed by atoms with Crippen LogP contribution in [0.4, 0.5) is 0 Å². The van der Waals surface area contributed by atoms with E-state index in [0.29, 0.717) is 15.6 Å². The lowest BCUT2D eigenvalue weighted by Crippen LogP contribution is -2.22. The minimum atomic E-state index is -0.167. The third-order valence-electron chi connectivity index (χ3n) is 3.10. The normalized spacial score (nSPS) is 15.3. The Balaban J connectivity index is 2.18. The maximum absolute atomic E-state index is 12.2. The summed E-state index contributed by atoms with van der Waals surface area (Å²) in [5, 5.41) is 3.76. The van der Waals surface area contributed by atoms with Crippen LogP contribution in [0.15, 0.2) is 41.6 Å². The summed E-state index contributed by atoms with van der Waals surface area (Å²) in [5.41, 5.74) is 2.59. The van der Waals surface area contributed by atoms with Gasteiger partial charge < -0.3 is 5.32 Å². The van der Waals surface area contributed by atoms with Gasteiger partial charge in [0, 0.05) is 11.3 Å². The van der Waals surface area contributed by atoms with E-state index in [4.69, 9.17) is 23.2 Å². The molecule has 0 heterocycles.